The van der Waals surface area contributed by atoms with Crippen LogP contribution in [0.2, 0.25) is 0 Å². The maximum atomic E-state index is 13.9. The van der Waals surface area contributed by atoms with E-state index in [0.29, 0.717) is 17.0 Å². The molecule has 0 radical (unpaired) electrons. The van der Waals surface area contributed by atoms with Crippen molar-refractivity contribution < 1.29 is 13.6 Å². The Balaban J connectivity index is 1.71. The number of hydrogen-bond acceptors (Lipinski definition) is 4. The van der Waals surface area contributed by atoms with E-state index in [9.17, 15) is 13.6 Å². The van der Waals surface area contributed by atoms with Gasteiger partial charge in [0, 0.05) is 19.7 Å². The molecule has 4 rings (SSSR count). The highest BCUT2D eigenvalue weighted by Gasteiger charge is 2.62. The summed E-state index contributed by atoms with van der Waals surface area (Å²) in [5, 5.41) is 2.70. The lowest BCUT2D eigenvalue weighted by Crippen LogP contribution is -2.33. The predicted octanol–water partition coefficient (Wildman–Crippen LogP) is 3.11. The summed E-state index contributed by atoms with van der Waals surface area (Å²) >= 11 is 0. The first kappa shape index (κ1) is 17.5. The van der Waals surface area contributed by atoms with Gasteiger partial charge in [-0.15, -0.1) is 0 Å². The fourth-order valence-electron chi connectivity index (χ4n) is 3.27. The third kappa shape index (κ3) is 3.15. The van der Waals surface area contributed by atoms with Crippen LogP contribution in [0.4, 0.5) is 8.78 Å². The highest BCUT2D eigenvalue weighted by atomic mass is 19.3. The highest BCUT2D eigenvalue weighted by Crippen LogP contribution is 2.55. The second-order valence-corrected chi connectivity index (χ2v) is 7.09. The van der Waals surface area contributed by atoms with Crippen molar-refractivity contribution in [3.63, 3.8) is 0 Å². The minimum absolute atomic E-state index is 0.0872. The average Bonchev–Trinajstić information content (AvgIpc) is 3.13. The minimum atomic E-state index is -2.81. The van der Waals surface area contributed by atoms with Gasteiger partial charge in [0.1, 0.15) is 11.5 Å². The van der Waals surface area contributed by atoms with Gasteiger partial charge in [0.05, 0.1) is 34.9 Å². The van der Waals surface area contributed by atoms with Crippen molar-refractivity contribution in [2.45, 2.75) is 32.2 Å². The number of alkyl halides is 2. The third-order valence-corrected chi connectivity index (χ3v) is 4.93. The fraction of sp³-hybridized carbons (Fsp3) is 0.368. The van der Waals surface area contributed by atoms with Crippen LogP contribution in [0.15, 0.2) is 30.6 Å². The second kappa shape index (κ2) is 6.07. The third-order valence-electron chi connectivity index (χ3n) is 4.93. The molecular weight excluding hydrogens is 352 g/mol. The monoisotopic (exact) mass is 371 g/mol. The van der Waals surface area contributed by atoms with E-state index >= 15 is 0 Å². The molecule has 2 aromatic heterocycles. The number of carbonyl (C=O) groups is 1. The van der Waals surface area contributed by atoms with Crippen LogP contribution in [-0.2, 0) is 7.05 Å². The summed E-state index contributed by atoms with van der Waals surface area (Å²) in [6, 6.07) is 4.83. The van der Waals surface area contributed by atoms with Gasteiger partial charge in [0.2, 0.25) is 0 Å². The van der Waals surface area contributed by atoms with Crippen molar-refractivity contribution in [1.29, 1.82) is 0 Å². The number of halogens is 2. The number of amides is 1. The van der Waals surface area contributed by atoms with Gasteiger partial charge in [-0.2, -0.15) is 0 Å². The molecule has 6 nitrogen and oxygen atoms in total. The Morgan fingerprint density at radius 3 is 2.67 bits per heavy atom. The predicted molar refractivity (Wildman–Crippen MR) is 95.5 cm³/mol. The summed E-state index contributed by atoms with van der Waals surface area (Å²) in [7, 11) is 1.77. The first-order valence-corrected chi connectivity index (χ1v) is 8.66. The molecule has 2 heterocycles. The number of fused-ring (bicyclic) bond motifs is 1. The van der Waals surface area contributed by atoms with E-state index in [1.807, 2.05) is 25.1 Å². The Bertz CT molecular complexity index is 1030. The number of carbonyl (C=O) groups excluding carboxylic acids is 1. The van der Waals surface area contributed by atoms with Crippen LogP contribution in [0.3, 0.4) is 0 Å². The number of nitrogens with zero attached hydrogens (tertiary/aromatic N) is 4. The van der Waals surface area contributed by atoms with Crippen molar-refractivity contribution in [3.8, 4) is 0 Å². The molecule has 1 amide bonds. The number of nitrogens with one attached hydrogen (secondary N) is 1. The Hall–Kier alpha value is -2.90. The molecule has 140 valence electrons. The standard InChI is InChI=1S/C19H19F2N5O/c1-10-4-5-15-13(6-10)24-17(26(15)3)16(12-7-19(12,20)21)25-18(27)14-9-22-11(2)8-23-14/h4-6,8-9,12,16H,7H2,1-3H3,(H,25,27). The quantitative estimate of drug-likeness (QED) is 0.765. The van der Waals surface area contributed by atoms with Gasteiger partial charge >= 0.3 is 0 Å². The Morgan fingerprint density at radius 1 is 1.30 bits per heavy atom. The van der Waals surface area contributed by atoms with Gasteiger partial charge < -0.3 is 9.88 Å². The van der Waals surface area contributed by atoms with Gasteiger partial charge in [-0.25, -0.2) is 18.7 Å². The van der Waals surface area contributed by atoms with Gasteiger partial charge in [0.25, 0.3) is 11.8 Å². The maximum Gasteiger partial charge on any atom is 0.272 e. The average molecular weight is 371 g/mol. The van der Waals surface area contributed by atoms with Gasteiger partial charge in [-0.3, -0.25) is 9.78 Å². The number of rotatable bonds is 4. The Kier molecular flexibility index (Phi) is 3.94. The lowest BCUT2D eigenvalue weighted by Gasteiger charge is -2.18. The second-order valence-electron chi connectivity index (χ2n) is 7.09. The zero-order valence-corrected chi connectivity index (χ0v) is 15.2. The lowest BCUT2D eigenvalue weighted by atomic mass is 10.1. The molecule has 0 bridgehead atoms. The topological polar surface area (TPSA) is 72.7 Å². The van der Waals surface area contributed by atoms with Crippen molar-refractivity contribution in [1.82, 2.24) is 24.8 Å². The smallest absolute Gasteiger partial charge is 0.272 e. The lowest BCUT2D eigenvalue weighted by molar-refractivity contribution is 0.0799. The van der Waals surface area contributed by atoms with Crippen molar-refractivity contribution in [2.75, 3.05) is 0 Å². The van der Waals surface area contributed by atoms with Crippen molar-refractivity contribution in [3.05, 3.63) is 53.4 Å². The number of imidazole rings is 1. The molecule has 1 N–H and O–H groups in total. The summed E-state index contributed by atoms with van der Waals surface area (Å²) in [4.78, 5) is 25.2. The van der Waals surface area contributed by atoms with Gasteiger partial charge in [-0.05, 0) is 31.5 Å². The van der Waals surface area contributed by atoms with E-state index in [1.54, 1.807) is 18.5 Å². The maximum absolute atomic E-state index is 13.9. The van der Waals surface area contributed by atoms with Crippen LogP contribution in [0.1, 0.15) is 40.0 Å². The van der Waals surface area contributed by atoms with Crippen LogP contribution in [0.25, 0.3) is 11.0 Å². The largest absolute Gasteiger partial charge is 0.340 e. The van der Waals surface area contributed by atoms with E-state index in [-0.39, 0.29) is 12.1 Å². The van der Waals surface area contributed by atoms with Crippen LogP contribution in [-0.4, -0.2) is 31.3 Å². The Morgan fingerprint density at radius 2 is 2.04 bits per heavy atom. The van der Waals surface area contributed by atoms with Crippen LogP contribution in [0.5, 0.6) is 0 Å². The molecule has 1 fully saturated rings. The molecule has 1 aliphatic carbocycles. The van der Waals surface area contributed by atoms with Crippen LogP contribution < -0.4 is 5.32 Å². The minimum Gasteiger partial charge on any atom is -0.340 e. The summed E-state index contributed by atoms with van der Waals surface area (Å²) < 4.78 is 29.5. The summed E-state index contributed by atoms with van der Waals surface area (Å²) in [5.41, 5.74) is 3.32. The van der Waals surface area contributed by atoms with E-state index < -0.39 is 23.8 Å². The van der Waals surface area contributed by atoms with E-state index in [4.69, 9.17) is 0 Å². The first-order valence-electron chi connectivity index (χ1n) is 8.66. The Labute approximate surface area is 154 Å². The van der Waals surface area contributed by atoms with Gasteiger partial charge in [0.15, 0.2) is 0 Å². The molecule has 2 unspecified atom stereocenters. The molecular formula is C19H19F2N5O. The summed E-state index contributed by atoms with van der Waals surface area (Å²) in [5.74, 6) is -3.94. The van der Waals surface area contributed by atoms with E-state index in [2.05, 4.69) is 20.3 Å². The molecule has 2 atom stereocenters. The zero-order valence-electron chi connectivity index (χ0n) is 15.2. The zero-order chi connectivity index (χ0) is 19.3. The summed E-state index contributed by atoms with van der Waals surface area (Å²) in [6.45, 7) is 3.70. The number of hydrogen-bond donors (Lipinski definition) is 1. The fourth-order valence-corrected chi connectivity index (χ4v) is 3.27. The number of benzene rings is 1. The molecule has 1 saturated carbocycles. The number of aryl methyl sites for hydroxylation is 3. The molecule has 1 aromatic carbocycles. The molecule has 0 saturated heterocycles. The van der Waals surface area contributed by atoms with Crippen LogP contribution in [0, 0.1) is 19.8 Å². The SMILES string of the molecule is Cc1ccc2c(c1)nc(C(NC(=O)c1cnc(C)cn1)C1CC1(F)F)n2C. The van der Waals surface area contributed by atoms with Crippen molar-refractivity contribution >= 4 is 16.9 Å². The molecule has 27 heavy (non-hydrogen) atoms. The normalized spacial score (nSPS) is 19.1. The van der Waals surface area contributed by atoms with Gasteiger partial charge in [-0.1, -0.05) is 6.07 Å². The van der Waals surface area contributed by atoms with E-state index in [1.165, 1.54) is 12.4 Å². The molecule has 1 aliphatic rings. The molecule has 3 aromatic rings. The first-order chi connectivity index (χ1) is 12.8. The van der Waals surface area contributed by atoms with Crippen molar-refractivity contribution in [2.24, 2.45) is 13.0 Å². The van der Waals surface area contributed by atoms with Crippen LogP contribution >= 0.6 is 0 Å². The molecule has 0 aliphatic heterocycles. The summed E-state index contributed by atoms with van der Waals surface area (Å²) in [6.07, 6.45) is 2.53. The highest BCUT2D eigenvalue weighted by molar-refractivity contribution is 5.92. The molecule has 8 heteroatoms. The molecule has 0 spiro atoms. The van der Waals surface area contributed by atoms with E-state index in [0.717, 1.165) is 11.1 Å². The number of aromatic nitrogens is 4.